The van der Waals surface area contributed by atoms with Crippen LogP contribution in [0.5, 0.6) is 0 Å². The number of hydrogen-bond donors (Lipinski definition) is 1. The number of hydrogen-bond acceptors (Lipinski definition) is 1. The second-order valence-corrected chi connectivity index (χ2v) is 2.81. The quantitative estimate of drug-likeness (QED) is 0.754. The van der Waals surface area contributed by atoms with Gasteiger partial charge < -0.3 is 5.32 Å². The lowest BCUT2D eigenvalue weighted by atomic mass is 10.3. The van der Waals surface area contributed by atoms with Crippen molar-refractivity contribution in [1.29, 1.82) is 0 Å². The van der Waals surface area contributed by atoms with Gasteiger partial charge in [0.25, 0.3) is 0 Å². The Hall–Kier alpha value is -0.760. The molecule has 0 aromatic heterocycles. The van der Waals surface area contributed by atoms with Gasteiger partial charge in [-0.2, -0.15) is 0 Å². The summed E-state index contributed by atoms with van der Waals surface area (Å²) in [5.74, 6) is -0.195. The standard InChI is InChI=1S/C9H12FN.ClH/c1-7(2)11-9-5-3-8(10)4-6-9;/h3-7,11H,1-2H3;1H. The van der Waals surface area contributed by atoms with Crippen LogP contribution in [-0.2, 0) is 0 Å². The fourth-order valence-electron chi connectivity index (χ4n) is 0.879. The van der Waals surface area contributed by atoms with Crippen molar-refractivity contribution in [2.24, 2.45) is 0 Å². The normalized spacial score (nSPS) is 9.33. The van der Waals surface area contributed by atoms with Crippen LogP contribution in [0.3, 0.4) is 0 Å². The van der Waals surface area contributed by atoms with Gasteiger partial charge in [0.1, 0.15) is 5.82 Å². The first kappa shape index (κ1) is 11.2. The van der Waals surface area contributed by atoms with E-state index in [9.17, 15) is 4.39 Å². The molecule has 0 bridgehead atoms. The summed E-state index contributed by atoms with van der Waals surface area (Å²) >= 11 is 0. The summed E-state index contributed by atoms with van der Waals surface area (Å²) < 4.78 is 12.4. The molecule has 0 aliphatic rings. The molecule has 0 heterocycles. The Morgan fingerprint density at radius 3 is 2.08 bits per heavy atom. The first-order valence-electron chi connectivity index (χ1n) is 3.70. The SMILES string of the molecule is CC(C)Nc1ccc(F)cc1.Cl. The topological polar surface area (TPSA) is 12.0 Å². The molecule has 1 N–H and O–H groups in total. The Morgan fingerprint density at radius 2 is 1.67 bits per heavy atom. The molecule has 0 atom stereocenters. The van der Waals surface area contributed by atoms with Crippen molar-refractivity contribution in [3.63, 3.8) is 0 Å². The van der Waals surface area contributed by atoms with Crippen LogP contribution < -0.4 is 5.32 Å². The summed E-state index contributed by atoms with van der Waals surface area (Å²) in [6, 6.07) is 6.75. The van der Waals surface area contributed by atoms with Gasteiger partial charge in [-0.3, -0.25) is 0 Å². The minimum atomic E-state index is -0.195. The molecule has 0 aliphatic carbocycles. The van der Waals surface area contributed by atoms with Gasteiger partial charge in [-0.25, -0.2) is 4.39 Å². The van der Waals surface area contributed by atoms with Crippen molar-refractivity contribution in [1.82, 2.24) is 0 Å². The maximum absolute atomic E-state index is 12.4. The maximum atomic E-state index is 12.4. The average Bonchev–Trinajstić information content (AvgIpc) is 1.93. The lowest BCUT2D eigenvalue weighted by Gasteiger charge is -2.08. The Bertz CT molecular complexity index is 220. The lowest BCUT2D eigenvalue weighted by Crippen LogP contribution is -2.09. The van der Waals surface area contributed by atoms with Crippen LogP contribution in [0.25, 0.3) is 0 Å². The van der Waals surface area contributed by atoms with Gasteiger partial charge in [0.15, 0.2) is 0 Å². The second kappa shape index (κ2) is 4.99. The molecule has 0 amide bonds. The summed E-state index contributed by atoms with van der Waals surface area (Å²) in [5.41, 5.74) is 0.960. The van der Waals surface area contributed by atoms with Crippen molar-refractivity contribution in [2.45, 2.75) is 19.9 Å². The van der Waals surface area contributed by atoms with Crippen LogP contribution in [0.4, 0.5) is 10.1 Å². The highest BCUT2D eigenvalue weighted by molar-refractivity contribution is 5.85. The van der Waals surface area contributed by atoms with Crippen LogP contribution in [0.2, 0.25) is 0 Å². The molecule has 0 aliphatic heterocycles. The van der Waals surface area contributed by atoms with Crippen LogP contribution in [0.1, 0.15) is 13.8 Å². The molecule has 3 heteroatoms. The molecule has 68 valence electrons. The van der Waals surface area contributed by atoms with E-state index in [4.69, 9.17) is 0 Å². The monoisotopic (exact) mass is 189 g/mol. The fourth-order valence-corrected chi connectivity index (χ4v) is 0.879. The zero-order valence-electron chi connectivity index (χ0n) is 7.17. The van der Waals surface area contributed by atoms with Crippen molar-refractivity contribution in [2.75, 3.05) is 5.32 Å². The van der Waals surface area contributed by atoms with E-state index < -0.39 is 0 Å². The predicted molar refractivity (Wildman–Crippen MR) is 52.4 cm³/mol. The molecule has 0 saturated heterocycles. The van der Waals surface area contributed by atoms with Gasteiger partial charge in [-0.1, -0.05) is 0 Å². The largest absolute Gasteiger partial charge is 0.383 e. The molecular weight excluding hydrogens is 177 g/mol. The van der Waals surface area contributed by atoms with E-state index in [2.05, 4.69) is 5.32 Å². The number of benzene rings is 1. The van der Waals surface area contributed by atoms with Crippen LogP contribution >= 0.6 is 12.4 Å². The van der Waals surface area contributed by atoms with E-state index in [1.165, 1.54) is 12.1 Å². The van der Waals surface area contributed by atoms with Gasteiger partial charge in [0.05, 0.1) is 0 Å². The number of anilines is 1. The summed E-state index contributed by atoms with van der Waals surface area (Å²) in [5, 5.41) is 3.17. The summed E-state index contributed by atoms with van der Waals surface area (Å²) in [4.78, 5) is 0. The Labute approximate surface area is 78.4 Å². The van der Waals surface area contributed by atoms with Crippen molar-refractivity contribution in [3.05, 3.63) is 30.1 Å². The third kappa shape index (κ3) is 3.58. The third-order valence-electron chi connectivity index (χ3n) is 1.30. The van der Waals surface area contributed by atoms with E-state index in [1.807, 2.05) is 13.8 Å². The van der Waals surface area contributed by atoms with Gasteiger partial charge in [0, 0.05) is 11.7 Å². The van der Waals surface area contributed by atoms with E-state index >= 15 is 0 Å². The van der Waals surface area contributed by atoms with E-state index in [0.29, 0.717) is 6.04 Å². The Balaban J connectivity index is 0.00000121. The van der Waals surface area contributed by atoms with Gasteiger partial charge in [-0.15, -0.1) is 12.4 Å². The minimum Gasteiger partial charge on any atom is -0.383 e. The molecule has 12 heavy (non-hydrogen) atoms. The highest BCUT2D eigenvalue weighted by Gasteiger charge is 1.93. The lowest BCUT2D eigenvalue weighted by molar-refractivity contribution is 0.628. The van der Waals surface area contributed by atoms with Gasteiger partial charge in [0.2, 0.25) is 0 Å². The van der Waals surface area contributed by atoms with Crippen molar-refractivity contribution >= 4 is 18.1 Å². The highest BCUT2D eigenvalue weighted by Crippen LogP contribution is 2.08. The number of nitrogens with one attached hydrogen (secondary N) is 1. The molecule has 1 nitrogen and oxygen atoms in total. The first-order valence-corrected chi connectivity index (χ1v) is 3.70. The molecule has 0 radical (unpaired) electrons. The van der Waals surface area contributed by atoms with E-state index in [0.717, 1.165) is 5.69 Å². The maximum Gasteiger partial charge on any atom is 0.123 e. The third-order valence-corrected chi connectivity index (χ3v) is 1.30. The van der Waals surface area contributed by atoms with E-state index in [1.54, 1.807) is 12.1 Å². The first-order chi connectivity index (χ1) is 5.18. The van der Waals surface area contributed by atoms with Crippen molar-refractivity contribution < 1.29 is 4.39 Å². The molecular formula is C9H13ClFN. The van der Waals surface area contributed by atoms with Gasteiger partial charge >= 0.3 is 0 Å². The smallest absolute Gasteiger partial charge is 0.123 e. The minimum absolute atomic E-state index is 0. The Morgan fingerprint density at radius 1 is 1.17 bits per heavy atom. The number of halogens is 2. The molecule has 0 spiro atoms. The summed E-state index contributed by atoms with van der Waals surface area (Å²) in [6.07, 6.45) is 0. The van der Waals surface area contributed by atoms with E-state index in [-0.39, 0.29) is 18.2 Å². The molecule has 1 aromatic rings. The van der Waals surface area contributed by atoms with Gasteiger partial charge in [-0.05, 0) is 38.1 Å². The zero-order chi connectivity index (χ0) is 8.27. The predicted octanol–water partition coefficient (Wildman–Crippen LogP) is 3.07. The number of rotatable bonds is 2. The zero-order valence-corrected chi connectivity index (χ0v) is 7.99. The molecule has 0 fully saturated rings. The second-order valence-electron chi connectivity index (χ2n) is 2.81. The van der Waals surface area contributed by atoms with Crippen molar-refractivity contribution in [3.8, 4) is 0 Å². The Kier molecular flexibility index (Phi) is 4.67. The fraction of sp³-hybridized carbons (Fsp3) is 0.333. The average molecular weight is 190 g/mol. The van der Waals surface area contributed by atoms with Crippen LogP contribution in [-0.4, -0.2) is 6.04 Å². The molecule has 0 unspecified atom stereocenters. The molecule has 1 aromatic carbocycles. The van der Waals surface area contributed by atoms with Crippen LogP contribution in [0, 0.1) is 5.82 Å². The molecule has 0 saturated carbocycles. The molecule has 1 rings (SSSR count). The summed E-state index contributed by atoms with van der Waals surface area (Å²) in [6.45, 7) is 4.09. The summed E-state index contributed by atoms with van der Waals surface area (Å²) in [7, 11) is 0. The highest BCUT2D eigenvalue weighted by atomic mass is 35.5. The van der Waals surface area contributed by atoms with Crippen LogP contribution in [0.15, 0.2) is 24.3 Å².